The molecule has 0 saturated carbocycles. The first kappa shape index (κ1) is 91.1. The summed E-state index contributed by atoms with van der Waals surface area (Å²) >= 11 is 0. The topological polar surface area (TPSA) is 237 Å². The number of aliphatic hydroxyl groups is 1. The quantitative estimate of drug-likeness (QED) is 0.0222. The van der Waals surface area contributed by atoms with Gasteiger partial charge in [0.05, 0.1) is 26.4 Å². The van der Waals surface area contributed by atoms with E-state index in [9.17, 15) is 43.2 Å². The van der Waals surface area contributed by atoms with E-state index in [-0.39, 0.29) is 25.7 Å². The summed E-state index contributed by atoms with van der Waals surface area (Å²) in [6, 6.07) is 0. The number of esters is 4. The van der Waals surface area contributed by atoms with Crippen molar-refractivity contribution in [3.63, 3.8) is 0 Å². The third-order valence-electron chi connectivity index (χ3n) is 17.4. The first-order valence-electron chi connectivity index (χ1n) is 38.2. The Kier molecular flexibility index (Phi) is 62.2. The Morgan fingerprint density at radius 1 is 0.301 bits per heavy atom. The highest BCUT2D eigenvalue weighted by Crippen LogP contribution is 2.45. The highest BCUT2D eigenvalue weighted by Gasteiger charge is 2.30. The lowest BCUT2D eigenvalue weighted by molar-refractivity contribution is -0.161. The summed E-state index contributed by atoms with van der Waals surface area (Å²) in [7, 11) is -9.91. The molecule has 0 rings (SSSR count). The zero-order chi connectivity index (χ0) is 68.9. The number of rotatable bonds is 71. The van der Waals surface area contributed by atoms with E-state index in [4.69, 9.17) is 37.0 Å². The van der Waals surface area contributed by atoms with Crippen LogP contribution in [0.15, 0.2) is 0 Å². The maximum absolute atomic E-state index is 13.1. The lowest BCUT2D eigenvalue weighted by Gasteiger charge is -2.21. The Balaban J connectivity index is 5.22. The smallest absolute Gasteiger partial charge is 0.462 e. The molecule has 3 unspecified atom stereocenters. The average Bonchev–Trinajstić information content (AvgIpc) is 2.98. The summed E-state index contributed by atoms with van der Waals surface area (Å²) < 4.78 is 68.4. The fraction of sp³-hybridized carbons (Fsp3) is 0.946. The van der Waals surface area contributed by atoms with Gasteiger partial charge in [0.2, 0.25) is 0 Å². The molecule has 552 valence electrons. The Morgan fingerprint density at radius 2 is 0.516 bits per heavy atom. The summed E-state index contributed by atoms with van der Waals surface area (Å²) in [5.74, 6) is 0.899. The molecule has 0 aromatic rings. The second-order valence-corrected chi connectivity index (χ2v) is 31.3. The number of aliphatic hydroxyl groups excluding tert-OH is 1. The van der Waals surface area contributed by atoms with Gasteiger partial charge in [-0.2, -0.15) is 0 Å². The van der Waals surface area contributed by atoms with Gasteiger partial charge in [-0.1, -0.05) is 319 Å². The van der Waals surface area contributed by atoms with Crippen molar-refractivity contribution in [3.8, 4) is 0 Å². The van der Waals surface area contributed by atoms with Crippen molar-refractivity contribution in [2.24, 2.45) is 23.7 Å². The van der Waals surface area contributed by atoms with Crippen LogP contribution in [0.1, 0.15) is 370 Å². The molecule has 0 heterocycles. The Labute approximate surface area is 568 Å². The summed E-state index contributed by atoms with van der Waals surface area (Å²) in [4.78, 5) is 72.7. The third-order valence-corrected chi connectivity index (χ3v) is 19.3. The zero-order valence-corrected chi connectivity index (χ0v) is 62.7. The Morgan fingerprint density at radius 3 is 0.763 bits per heavy atom. The van der Waals surface area contributed by atoms with Crippen molar-refractivity contribution in [2.45, 2.75) is 388 Å². The largest absolute Gasteiger partial charge is 0.472 e. The van der Waals surface area contributed by atoms with Gasteiger partial charge >= 0.3 is 39.5 Å². The molecular weight excluding hydrogens is 1220 g/mol. The summed E-state index contributed by atoms with van der Waals surface area (Å²) in [5, 5.41) is 10.6. The van der Waals surface area contributed by atoms with E-state index in [2.05, 4.69) is 55.4 Å². The predicted molar refractivity (Wildman–Crippen MR) is 377 cm³/mol. The minimum Gasteiger partial charge on any atom is -0.462 e. The summed E-state index contributed by atoms with van der Waals surface area (Å²) in [6.45, 7) is 14.1. The van der Waals surface area contributed by atoms with E-state index in [0.717, 1.165) is 114 Å². The maximum Gasteiger partial charge on any atom is 0.472 e. The fourth-order valence-electron chi connectivity index (χ4n) is 11.2. The molecule has 0 aliphatic rings. The highest BCUT2D eigenvalue weighted by molar-refractivity contribution is 7.47. The van der Waals surface area contributed by atoms with E-state index < -0.39 is 97.5 Å². The highest BCUT2D eigenvalue weighted by atomic mass is 31.2. The molecule has 19 heteroatoms. The molecular formula is C74H144O17P2. The molecule has 0 spiro atoms. The minimum atomic E-state index is -4.96. The summed E-state index contributed by atoms with van der Waals surface area (Å²) in [6.07, 6.45) is 47.3. The molecule has 0 radical (unpaired) electrons. The molecule has 0 fully saturated rings. The van der Waals surface area contributed by atoms with Crippen molar-refractivity contribution >= 4 is 39.5 Å². The summed E-state index contributed by atoms with van der Waals surface area (Å²) in [5.41, 5.74) is 0. The van der Waals surface area contributed by atoms with Crippen LogP contribution >= 0.6 is 15.6 Å². The van der Waals surface area contributed by atoms with Crippen molar-refractivity contribution in [1.82, 2.24) is 0 Å². The molecule has 3 N–H and O–H groups in total. The molecule has 0 aromatic heterocycles. The van der Waals surface area contributed by atoms with Gasteiger partial charge in [0, 0.05) is 25.7 Å². The Bertz CT molecular complexity index is 1840. The normalized spacial score (nSPS) is 14.5. The number of ether oxygens (including phenoxy) is 4. The van der Waals surface area contributed by atoms with E-state index in [1.54, 1.807) is 0 Å². The number of carbonyl (C=O) groups excluding carboxylic acids is 4. The monoisotopic (exact) mass is 1370 g/mol. The fourth-order valence-corrected chi connectivity index (χ4v) is 12.7. The van der Waals surface area contributed by atoms with E-state index in [1.807, 2.05) is 0 Å². The first-order valence-corrected chi connectivity index (χ1v) is 41.2. The molecule has 0 aliphatic heterocycles. The van der Waals surface area contributed by atoms with E-state index in [1.165, 1.54) is 167 Å². The van der Waals surface area contributed by atoms with E-state index >= 15 is 0 Å². The zero-order valence-electron chi connectivity index (χ0n) is 60.9. The Hall–Kier alpha value is -1.94. The lowest BCUT2D eigenvalue weighted by Crippen LogP contribution is -2.30. The molecule has 0 aromatic carbocycles. The van der Waals surface area contributed by atoms with Gasteiger partial charge in [0.15, 0.2) is 12.2 Å². The van der Waals surface area contributed by atoms with Gasteiger partial charge in [-0.05, 0) is 49.4 Å². The van der Waals surface area contributed by atoms with Crippen LogP contribution in [0, 0.1) is 23.7 Å². The molecule has 17 nitrogen and oxygen atoms in total. The van der Waals surface area contributed by atoms with Crippen molar-refractivity contribution in [1.29, 1.82) is 0 Å². The second kappa shape index (κ2) is 63.5. The SMILES string of the molecule is CCC(C)CCCCCCCCCCC(=O)O[C@H](COC(=O)CCCCCCCCCCCCCCCCC(C)C)COP(=O)(O)OC[C@@H](O)COP(=O)(O)OC[C@@H](COC(=O)CCCCCCCCC(C)C)OC(=O)CCCCCCCCCCCCCCC(C)C. The average molecular weight is 1370 g/mol. The van der Waals surface area contributed by atoms with Gasteiger partial charge in [0.1, 0.15) is 19.3 Å². The van der Waals surface area contributed by atoms with Crippen LogP contribution in [0.5, 0.6) is 0 Å². The third kappa shape index (κ3) is 67.0. The second-order valence-electron chi connectivity index (χ2n) is 28.4. The lowest BCUT2D eigenvalue weighted by atomic mass is 9.99. The van der Waals surface area contributed by atoms with Gasteiger partial charge in [0.25, 0.3) is 0 Å². The van der Waals surface area contributed by atoms with Crippen molar-refractivity contribution in [3.05, 3.63) is 0 Å². The van der Waals surface area contributed by atoms with Crippen LogP contribution < -0.4 is 0 Å². The minimum absolute atomic E-state index is 0.105. The molecule has 6 atom stereocenters. The van der Waals surface area contributed by atoms with Crippen molar-refractivity contribution in [2.75, 3.05) is 39.6 Å². The number of phosphoric acid groups is 2. The molecule has 0 saturated heterocycles. The number of phosphoric ester groups is 2. The number of hydrogen-bond acceptors (Lipinski definition) is 15. The standard InChI is InChI=1S/C74H144O17P2/c1-9-67(8)53-45-37-28-24-25-31-41-49-57-74(79)91-69(60-84-71(76)54-46-38-29-22-18-13-11-10-12-16-20-26-34-42-50-64(2)3)62-88-92(80,81)86-58-68(75)59-87-93(82,83)89-63-70(61-85-72(77)55-47-39-33-32-36-44-52-66(6)7)90-73(78)56-48-40-30-23-19-15-14-17-21-27-35-43-51-65(4)5/h64-70,75H,9-63H2,1-8H3,(H,80,81)(H,82,83)/t67?,68-,69-,70-/m1/s1. The van der Waals surface area contributed by atoms with E-state index in [0.29, 0.717) is 31.6 Å². The van der Waals surface area contributed by atoms with Gasteiger partial charge < -0.3 is 33.8 Å². The first-order chi connectivity index (χ1) is 44.6. The van der Waals surface area contributed by atoms with Crippen LogP contribution in [-0.4, -0.2) is 96.7 Å². The van der Waals surface area contributed by atoms with Crippen LogP contribution in [0.3, 0.4) is 0 Å². The van der Waals surface area contributed by atoms with Crippen LogP contribution in [-0.2, 0) is 65.4 Å². The van der Waals surface area contributed by atoms with Gasteiger partial charge in [-0.15, -0.1) is 0 Å². The maximum atomic E-state index is 13.1. The van der Waals surface area contributed by atoms with Gasteiger partial charge in [-0.3, -0.25) is 37.3 Å². The molecule has 0 aliphatic carbocycles. The number of unbranched alkanes of at least 4 members (excludes halogenated alkanes) is 36. The van der Waals surface area contributed by atoms with Gasteiger partial charge in [-0.25, -0.2) is 9.13 Å². The van der Waals surface area contributed by atoms with Crippen LogP contribution in [0.2, 0.25) is 0 Å². The van der Waals surface area contributed by atoms with Crippen molar-refractivity contribution < 1.29 is 80.2 Å². The molecule has 93 heavy (non-hydrogen) atoms. The number of carbonyl (C=O) groups is 4. The van der Waals surface area contributed by atoms with Crippen LogP contribution in [0.4, 0.5) is 0 Å². The molecule has 0 amide bonds. The predicted octanol–water partition coefficient (Wildman–Crippen LogP) is 21.3. The molecule has 0 bridgehead atoms. The number of hydrogen-bond donors (Lipinski definition) is 3. The van der Waals surface area contributed by atoms with Crippen LogP contribution in [0.25, 0.3) is 0 Å².